The quantitative estimate of drug-likeness (QED) is 0.310. The molecule has 8 heteroatoms. The van der Waals surface area contributed by atoms with E-state index < -0.39 is 4.92 Å². The van der Waals surface area contributed by atoms with Crippen molar-refractivity contribution < 1.29 is 9.34 Å². The Kier molecular flexibility index (Phi) is 5.74. The Morgan fingerprint density at radius 3 is 2.43 bits per heavy atom. The van der Waals surface area contributed by atoms with E-state index in [0.717, 1.165) is 26.2 Å². The Morgan fingerprint density at radius 1 is 1.07 bits per heavy atom. The second-order valence-corrected chi connectivity index (χ2v) is 8.00. The van der Waals surface area contributed by atoms with E-state index in [1.807, 2.05) is 6.07 Å². The molecule has 1 fully saturated rings. The number of nitrogens with zero attached hydrogens (tertiary/aromatic N) is 3. The zero-order chi connectivity index (χ0) is 21.3. The second kappa shape index (κ2) is 8.45. The summed E-state index contributed by atoms with van der Waals surface area (Å²) in [5.41, 5.74) is 2.90. The van der Waals surface area contributed by atoms with Crippen molar-refractivity contribution in [3.8, 4) is 11.3 Å². The molecule has 6 nitrogen and oxygen atoms in total. The van der Waals surface area contributed by atoms with Gasteiger partial charge < -0.3 is 14.2 Å². The molecule has 0 amide bonds. The van der Waals surface area contributed by atoms with Crippen LogP contribution in [0, 0.1) is 17.0 Å². The molecule has 0 bridgehead atoms. The van der Waals surface area contributed by atoms with Crippen LogP contribution in [0.1, 0.15) is 11.3 Å². The van der Waals surface area contributed by atoms with E-state index in [1.54, 1.807) is 12.1 Å². The first-order chi connectivity index (χ1) is 14.4. The fourth-order valence-corrected chi connectivity index (χ4v) is 3.97. The van der Waals surface area contributed by atoms with Crippen molar-refractivity contribution in [1.29, 1.82) is 0 Å². The van der Waals surface area contributed by atoms with Crippen LogP contribution in [0.4, 0.5) is 11.4 Å². The predicted octanol–water partition coefficient (Wildman–Crippen LogP) is 5.31. The van der Waals surface area contributed by atoms with E-state index in [4.69, 9.17) is 28.2 Å². The van der Waals surface area contributed by atoms with Crippen LogP contribution in [0.3, 0.4) is 0 Å². The normalized spacial score (nSPS) is 14.1. The largest absolute Gasteiger partial charge is 0.454 e. The molecule has 3 aromatic rings. The molecule has 1 aromatic heterocycles. The molecular formula is C22H20ClN3O3S. The number of hydrogen-bond donors (Lipinski definition) is 0. The van der Waals surface area contributed by atoms with Crippen molar-refractivity contribution >= 4 is 40.2 Å². The first-order valence-corrected chi connectivity index (χ1v) is 10.4. The van der Waals surface area contributed by atoms with E-state index in [0.29, 0.717) is 22.1 Å². The van der Waals surface area contributed by atoms with E-state index in [9.17, 15) is 10.1 Å². The molecular weight excluding hydrogens is 422 g/mol. The molecule has 0 unspecified atom stereocenters. The average Bonchev–Trinajstić information content (AvgIpc) is 3.24. The molecule has 2 heterocycles. The van der Waals surface area contributed by atoms with Gasteiger partial charge >= 0.3 is 0 Å². The number of anilines is 1. The third-order valence-electron chi connectivity index (χ3n) is 5.21. The summed E-state index contributed by atoms with van der Waals surface area (Å²) in [6, 6.07) is 16.7. The van der Waals surface area contributed by atoms with Crippen LogP contribution in [0.5, 0.6) is 0 Å². The summed E-state index contributed by atoms with van der Waals surface area (Å²) < 4.78 is 5.92. The molecule has 0 atom stereocenters. The number of thiocarbonyl (C=S) groups is 1. The summed E-state index contributed by atoms with van der Waals surface area (Å²) in [4.78, 5) is 15.7. The monoisotopic (exact) mass is 441 g/mol. The molecule has 0 N–H and O–H groups in total. The Morgan fingerprint density at radius 2 is 1.77 bits per heavy atom. The number of halogens is 1. The molecule has 0 aliphatic carbocycles. The van der Waals surface area contributed by atoms with E-state index in [1.165, 1.54) is 23.4 Å². The van der Waals surface area contributed by atoms with Crippen molar-refractivity contribution in [2.45, 2.75) is 6.92 Å². The summed E-state index contributed by atoms with van der Waals surface area (Å²) in [6.45, 7) is 5.44. The van der Waals surface area contributed by atoms with Gasteiger partial charge in [-0.2, -0.15) is 0 Å². The fraction of sp³-hybridized carbons (Fsp3) is 0.227. The number of hydrogen-bond acceptors (Lipinski definition) is 5. The van der Waals surface area contributed by atoms with Gasteiger partial charge in [-0.05, 0) is 43.3 Å². The zero-order valence-electron chi connectivity index (χ0n) is 16.4. The molecule has 1 aliphatic heterocycles. The van der Waals surface area contributed by atoms with Crippen LogP contribution in [-0.2, 0) is 0 Å². The lowest BCUT2D eigenvalue weighted by molar-refractivity contribution is -0.384. The summed E-state index contributed by atoms with van der Waals surface area (Å²) in [7, 11) is 0. The van der Waals surface area contributed by atoms with Gasteiger partial charge in [0.25, 0.3) is 5.69 Å². The Bertz CT molecular complexity index is 1090. The average molecular weight is 442 g/mol. The van der Waals surface area contributed by atoms with E-state index in [2.05, 4.69) is 41.0 Å². The molecule has 2 aromatic carbocycles. The lowest BCUT2D eigenvalue weighted by Gasteiger charge is -2.37. The standard InChI is InChI=1S/C22H20ClN3O3S/c1-15-2-5-17(6-3-15)24-10-12-25(13-11-24)22(30)21-9-8-20(29-21)16-4-7-18(23)19(14-16)26(27)28/h2-9,14H,10-13H2,1H3. The first-order valence-electron chi connectivity index (χ1n) is 9.57. The number of rotatable bonds is 4. The molecule has 154 valence electrons. The van der Waals surface area contributed by atoms with Gasteiger partial charge in [0.15, 0.2) is 5.76 Å². The first kappa shape index (κ1) is 20.4. The van der Waals surface area contributed by atoms with Crippen LogP contribution in [0.2, 0.25) is 5.02 Å². The predicted molar refractivity (Wildman–Crippen MR) is 122 cm³/mol. The van der Waals surface area contributed by atoms with Crippen LogP contribution < -0.4 is 4.90 Å². The highest BCUT2D eigenvalue weighted by atomic mass is 35.5. The third kappa shape index (κ3) is 4.17. The van der Waals surface area contributed by atoms with Crippen molar-refractivity contribution in [1.82, 2.24) is 4.90 Å². The Hall–Kier alpha value is -2.90. The van der Waals surface area contributed by atoms with Crippen LogP contribution in [-0.4, -0.2) is 41.0 Å². The lowest BCUT2D eigenvalue weighted by Crippen LogP contribution is -2.48. The van der Waals surface area contributed by atoms with Gasteiger partial charge in [-0.3, -0.25) is 10.1 Å². The lowest BCUT2D eigenvalue weighted by atomic mass is 10.1. The SMILES string of the molecule is Cc1ccc(N2CCN(C(=S)c3ccc(-c4ccc(Cl)c([N+](=O)[O-])c4)o3)CC2)cc1. The summed E-state index contributed by atoms with van der Waals surface area (Å²) >= 11 is 11.5. The van der Waals surface area contributed by atoms with Gasteiger partial charge in [-0.25, -0.2) is 0 Å². The number of piperazine rings is 1. The van der Waals surface area contributed by atoms with Gasteiger partial charge in [-0.1, -0.05) is 41.5 Å². The van der Waals surface area contributed by atoms with Gasteiger partial charge in [0.1, 0.15) is 15.8 Å². The van der Waals surface area contributed by atoms with Gasteiger partial charge in [0.2, 0.25) is 0 Å². The number of benzene rings is 2. The fourth-order valence-electron chi connectivity index (χ4n) is 3.49. The van der Waals surface area contributed by atoms with Crippen molar-refractivity contribution in [2.75, 3.05) is 31.1 Å². The number of nitro benzene ring substituents is 1. The molecule has 1 aliphatic rings. The Balaban J connectivity index is 1.44. The van der Waals surface area contributed by atoms with E-state index >= 15 is 0 Å². The van der Waals surface area contributed by atoms with Crippen molar-refractivity contribution in [3.63, 3.8) is 0 Å². The maximum atomic E-state index is 11.1. The summed E-state index contributed by atoms with van der Waals surface area (Å²) in [5, 5.41) is 11.2. The van der Waals surface area contributed by atoms with E-state index in [-0.39, 0.29) is 10.7 Å². The minimum Gasteiger partial charge on any atom is -0.454 e. The molecule has 4 rings (SSSR count). The van der Waals surface area contributed by atoms with Gasteiger partial charge in [0.05, 0.1) is 4.92 Å². The Labute approximate surface area is 184 Å². The highest BCUT2D eigenvalue weighted by molar-refractivity contribution is 7.80. The number of furan rings is 1. The highest BCUT2D eigenvalue weighted by Gasteiger charge is 2.22. The smallest absolute Gasteiger partial charge is 0.288 e. The van der Waals surface area contributed by atoms with Crippen LogP contribution >= 0.6 is 23.8 Å². The maximum Gasteiger partial charge on any atom is 0.288 e. The van der Waals surface area contributed by atoms with Crippen molar-refractivity contribution in [2.24, 2.45) is 0 Å². The number of nitro groups is 1. The second-order valence-electron chi connectivity index (χ2n) is 7.20. The zero-order valence-corrected chi connectivity index (χ0v) is 17.9. The molecule has 0 saturated carbocycles. The minimum absolute atomic E-state index is 0.0949. The number of aryl methyl sites for hydroxylation is 1. The molecule has 1 saturated heterocycles. The van der Waals surface area contributed by atoms with Gasteiger partial charge in [-0.15, -0.1) is 0 Å². The topological polar surface area (TPSA) is 62.8 Å². The minimum atomic E-state index is -0.506. The summed E-state index contributed by atoms with van der Waals surface area (Å²) in [5.74, 6) is 1.10. The highest BCUT2D eigenvalue weighted by Crippen LogP contribution is 2.31. The molecule has 0 spiro atoms. The third-order valence-corrected chi connectivity index (χ3v) is 5.99. The maximum absolute atomic E-state index is 11.1. The molecule has 0 radical (unpaired) electrons. The summed E-state index contributed by atoms with van der Waals surface area (Å²) in [6.07, 6.45) is 0. The van der Waals surface area contributed by atoms with Gasteiger partial charge in [0, 0.05) is 43.5 Å². The van der Waals surface area contributed by atoms with Crippen molar-refractivity contribution in [3.05, 3.63) is 81.1 Å². The van der Waals surface area contributed by atoms with Crippen LogP contribution in [0.25, 0.3) is 11.3 Å². The van der Waals surface area contributed by atoms with Crippen LogP contribution in [0.15, 0.2) is 59.0 Å². The molecule has 30 heavy (non-hydrogen) atoms.